The third kappa shape index (κ3) is 3.12. The number of carboxylic acid groups (broad SMARTS) is 1. The lowest BCUT2D eigenvalue weighted by Gasteiger charge is -2.18. The fourth-order valence-electron chi connectivity index (χ4n) is 3.37. The van der Waals surface area contributed by atoms with Gasteiger partial charge in [0.2, 0.25) is 0 Å². The molecule has 0 saturated heterocycles. The van der Waals surface area contributed by atoms with Crippen LogP contribution in [0.5, 0.6) is 0 Å². The molecular weight excluding hydrogens is 384 g/mol. The number of aromatic carboxylic acids is 1. The number of nitrogens with zero attached hydrogens (tertiary/aromatic N) is 1. The zero-order chi connectivity index (χ0) is 21.4. The molecule has 3 aromatic rings. The number of amides is 3. The van der Waals surface area contributed by atoms with Gasteiger partial charge in [-0.05, 0) is 48.9 Å². The summed E-state index contributed by atoms with van der Waals surface area (Å²) < 4.78 is 0. The molecule has 0 unspecified atom stereocenters. The van der Waals surface area contributed by atoms with Gasteiger partial charge in [0.1, 0.15) is 0 Å². The van der Waals surface area contributed by atoms with E-state index in [1.165, 1.54) is 18.2 Å². The maximum Gasteiger partial charge on any atom is 0.337 e. The molecule has 0 bridgehead atoms. The molecule has 0 aromatic heterocycles. The van der Waals surface area contributed by atoms with Crippen molar-refractivity contribution in [3.63, 3.8) is 0 Å². The van der Waals surface area contributed by atoms with E-state index in [0.717, 1.165) is 4.90 Å². The molecule has 3 aromatic carbocycles. The molecule has 0 spiro atoms. The number of nitrogens with one attached hydrogen (secondary N) is 1. The summed E-state index contributed by atoms with van der Waals surface area (Å²) in [6.07, 6.45) is 0. The van der Waals surface area contributed by atoms with Crippen LogP contribution in [-0.4, -0.2) is 28.8 Å². The third-order valence-corrected chi connectivity index (χ3v) is 4.91. The monoisotopic (exact) mass is 400 g/mol. The Morgan fingerprint density at radius 2 is 1.47 bits per heavy atom. The number of rotatable bonds is 4. The average molecular weight is 400 g/mol. The third-order valence-electron chi connectivity index (χ3n) is 4.91. The Bertz CT molecular complexity index is 1200. The Morgan fingerprint density at radius 1 is 0.867 bits per heavy atom. The molecule has 30 heavy (non-hydrogen) atoms. The van der Waals surface area contributed by atoms with Gasteiger partial charge in [-0.25, -0.2) is 9.69 Å². The number of imide groups is 1. The van der Waals surface area contributed by atoms with Gasteiger partial charge in [-0.15, -0.1) is 0 Å². The first kappa shape index (κ1) is 19.1. The summed E-state index contributed by atoms with van der Waals surface area (Å²) in [5.41, 5.74) is 1.87. The number of carbonyl (C=O) groups excluding carboxylic acids is 3. The van der Waals surface area contributed by atoms with Crippen molar-refractivity contribution in [1.29, 1.82) is 0 Å². The molecule has 0 atom stereocenters. The van der Waals surface area contributed by atoms with Crippen LogP contribution in [0.15, 0.2) is 66.7 Å². The molecule has 0 radical (unpaired) electrons. The average Bonchev–Trinajstić information content (AvgIpc) is 2.99. The lowest BCUT2D eigenvalue weighted by Crippen LogP contribution is -2.30. The van der Waals surface area contributed by atoms with Crippen LogP contribution in [0.25, 0.3) is 0 Å². The highest BCUT2D eigenvalue weighted by Crippen LogP contribution is 2.31. The minimum absolute atomic E-state index is 0.0430. The van der Waals surface area contributed by atoms with E-state index in [1.807, 2.05) is 0 Å². The van der Waals surface area contributed by atoms with Gasteiger partial charge in [-0.1, -0.05) is 30.3 Å². The lowest BCUT2D eigenvalue weighted by atomic mass is 10.1. The van der Waals surface area contributed by atoms with Crippen LogP contribution in [0.4, 0.5) is 11.4 Å². The standard InChI is InChI=1S/C23H16N2O5/c1-13-10-11-14(20(26)24-18-9-5-4-8-17(18)23(29)30)12-19(13)25-21(27)15-6-2-3-7-16(15)22(25)28/h2-12H,1H3,(H,24,26)(H,29,30). The molecule has 0 aliphatic carbocycles. The number of fused-ring (bicyclic) bond motifs is 1. The van der Waals surface area contributed by atoms with Crippen molar-refractivity contribution in [1.82, 2.24) is 0 Å². The van der Waals surface area contributed by atoms with Crippen molar-refractivity contribution in [2.24, 2.45) is 0 Å². The second-order valence-electron chi connectivity index (χ2n) is 6.80. The number of para-hydroxylation sites is 1. The van der Waals surface area contributed by atoms with E-state index in [2.05, 4.69) is 5.32 Å². The molecule has 148 valence electrons. The number of aryl methyl sites for hydroxylation is 1. The molecule has 7 heteroatoms. The number of anilines is 2. The van der Waals surface area contributed by atoms with Crippen LogP contribution in [0, 0.1) is 6.92 Å². The maximum atomic E-state index is 12.8. The highest BCUT2D eigenvalue weighted by molar-refractivity contribution is 6.34. The van der Waals surface area contributed by atoms with Crippen molar-refractivity contribution in [3.8, 4) is 0 Å². The predicted molar refractivity (Wildman–Crippen MR) is 110 cm³/mol. The molecule has 3 amide bonds. The fourth-order valence-corrected chi connectivity index (χ4v) is 3.37. The van der Waals surface area contributed by atoms with Crippen LogP contribution in [0.1, 0.15) is 47.0 Å². The van der Waals surface area contributed by atoms with E-state index in [9.17, 15) is 24.3 Å². The van der Waals surface area contributed by atoms with Crippen molar-refractivity contribution >= 4 is 35.1 Å². The molecule has 1 aliphatic heterocycles. The highest BCUT2D eigenvalue weighted by Gasteiger charge is 2.37. The van der Waals surface area contributed by atoms with Gasteiger partial charge in [0.25, 0.3) is 17.7 Å². The molecule has 1 heterocycles. The second-order valence-corrected chi connectivity index (χ2v) is 6.80. The molecule has 2 N–H and O–H groups in total. The van der Waals surface area contributed by atoms with E-state index < -0.39 is 23.7 Å². The van der Waals surface area contributed by atoms with E-state index >= 15 is 0 Å². The molecule has 0 saturated carbocycles. The first-order chi connectivity index (χ1) is 14.4. The van der Waals surface area contributed by atoms with Crippen molar-refractivity contribution in [3.05, 3.63) is 94.5 Å². The van der Waals surface area contributed by atoms with Crippen molar-refractivity contribution in [2.75, 3.05) is 10.2 Å². The first-order valence-electron chi connectivity index (χ1n) is 9.10. The first-order valence-corrected chi connectivity index (χ1v) is 9.10. The van der Waals surface area contributed by atoms with Crippen LogP contribution in [-0.2, 0) is 0 Å². The quantitative estimate of drug-likeness (QED) is 0.649. The molecule has 0 fully saturated rings. The number of hydrogen-bond acceptors (Lipinski definition) is 4. The Labute approximate surface area is 171 Å². The number of hydrogen-bond donors (Lipinski definition) is 2. The lowest BCUT2D eigenvalue weighted by molar-refractivity contribution is 0.0697. The minimum atomic E-state index is -1.17. The van der Waals surface area contributed by atoms with E-state index in [0.29, 0.717) is 22.4 Å². The number of benzene rings is 3. The topological polar surface area (TPSA) is 104 Å². The Kier molecular flexibility index (Phi) is 4.63. The van der Waals surface area contributed by atoms with Gasteiger partial charge in [0, 0.05) is 5.56 Å². The minimum Gasteiger partial charge on any atom is -0.478 e. The largest absolute Gasteiger partial charge is 0.478 e. The van der Waals surface area contributed by atoms with Crippen molar-refractivity contribution < 1.29 is 24.3 Å². The summed E-state index contributed by atoms with van der Waals surface area (Å²) in [7, 11) is 0. The summed E-state index contributed by atoms with van der Waals surface area (Å²) in [5, 5.41) is 11.9. The summed E-state index contributed by atoms with van der Waals surface area (Å²) in [6.45, 7) is 1.74. The summed E-state index contributed by atoms with van der Waals surface area (Å²) in [4.78, 5) is 50.8. The molecular formula is C23H16N2O5. The molecule has 7 nitrogen and oxygen atoms in total. The smallest absolute Gasteiger partial charge is 0.337 e. The van der Waals surface area contributed by atoms with Gasteiger partial charge in [-0.3, -0.25) is 14.4 Å². The second kappa shape index (κ2) is 7.29. The number of carbonyl (C=O) groups is 4. The van der Waals surface area contributed by atoms with Crippen LogP contribution in [0.3, 0.4) is 0 Å². The molecule has 1 aliphatic rings. The van der Waals surface area contributed by atoms with Gasteiger partial charge in [0.15, 0.2) is 0 Å². The van der Waals surface area contributed by atoms with E-state index in [4.69, 9.17) is 0 Å². The van der Waals surface area contributed by atoms with Gasteiger partial charge >= 0.3 is 5.97 Å². The SMILES string of the molecule is Cc1ccc(C(=O)Nc2ccccc2C(=O)O)cc1N1C(=O)c2ccccc2C1=O. The summed E-state index contributed by atoms with van der Waals surface area (Å²) in [5.74, 6) is -2.62. The Morgan fingerprint density at radius 3 is 2.10 bits per heavy atom. The number of carboxylic acids is 1. The predicted octanol–water partition coefficient (Wildman–Crippen LogP) is 3.75. The van der Waals surface area contributed by atoms with E-state index in [1.54, 1.807) is 55.5 Å². The zero-order valence-corrected chi connectivity index (χ0v) is 15.9. The maximum absolute atomic E-state index is 12.8. The normalized spacial score (nSPS) is 12.6. The summed E-state index contributed by atoms with van der Waals surface area (Å²) in [6, 6.07) is 17.2. The Balaban J connectivity index is 1.68. The van der Waals surface area contributed by atoms with Crippen LogP contribution < -0.4 is 10.2 Å². The fraction of sp³-hybridized carbons (Fsp3) is 0.0435. The van der Waals surface area contributed by atoms with Gasteiger partial charge in [0.05, 0.1) is 28.1 Å². The summed E-state index contributed by atoms with van der Waals surface area (Å²) >= 11 is 0. The molecule has 4 rings (SSSR count). The van der Waals surface area contributed by atoms with E-state index in [-0.39, 0.29) is 16.8 Å². The van der Waals surface area contributed by atoms with Crippen LogP contribution in [0.2, 0.25) is 0 Å². The van der Waals surface area contributed by atoms with Gasteiger partial charge < -0.3 is 10.4 Å². The van der Waals surface area contributed by atoms with Crippen LogP contribution >= 0.6 is 0 Å². The highest BCUT2D eigenvalue weighted by atomic mass is 16.4. The van der Waals surface area contributed by atoms with Gasteiger partial charge in [-0.2, -0.15) is 0 Å². The zero-order valence-electron chi connectivity index (χ0n) is 15.9. The Hall–Kier alpha value is -4.26. The van der Waals surface area contributed by atoms with Crippen molar-refractivity contribution in [2.45, 2.75) is 6.92 Å².